The highest BCUT2D eigenvalue weighted by Crippen LogP contribution is 2.32. The van der Waals surface area contributed by atoms with Gasteiger partial charge in [-0.05, 0) is 13.0 Å². The molecule has 3 unspecified atom stereocenters. The van der Waals surface area contributed by atoms with Gasteiger partial charge in [0, 0.05) is 18.5 Å². The fourth-order valence-electron chi connectivity index (χ4n) is 4.12. The first-order valence-corrected chi connectivity index (χ1v) is 10.1. The molecule has 1 saturated heterocycles. The third-order valence-corrected chi connectivity index (χ3v) is 5.80. The highest BCUT2D eigenvalue weighted by atomic mass is 16.5. The number of aliphatic hydroxyl groups is 2. The molecule has 4 aromatic rings. The summed E-state index contributed by atoms with van der Waals surface area (Å²) >= 11 is 0. The maximum atomic E-state index is 11.1. The van der Waals surface area contributed by atoms with Crippen LogP contribution >= 0.6 is 0 Å². The Balaban J connectivity index is 1.24. The molecule has 1 aromatic carbocycles. The molecule has 3 aromatic heterocycles. The van der Waals surface area contributed by atoms with Gasteiger partial charge in [0.25, 0.3) is 0 Å². The molecule has 11 nitrogen and oxygen atoms in total. The second-order valence-electron chi connectivity index (χ2n) is 7.75. The third-order valence-electron chi connectivity index (χ3n) is 5.80. The van der Waals surface area contributed by atoms with Crippen molar-refractivity contribution in [2.75, 3.05) is 25.4 Å². The van der Waals surface area contributed by atoms with Crippen LogP contribution < -0.4 is 11.1 Å². The third kappa shape index (κ3) is 3.22. The van der Waals surface area contributed by atoms with Gasteiger partial charge < -0.3 is 26.0 Å². The van der Waals surface area contributed by atoms with Gasteiger partial charge >= 0.3 is 0 Å². The van der Waals surface area contributed by atoms with Gasteiger partial charge in [-0.15, -0.1) is 0 Å². The van der Waals surface area contributed by atoms with E-state index in [-0.39, 0.29) is 12.4 Å². The van der Waals surface area contributed by atoms with Crippen LogP contribution in [0.2, 0.25) is 0 Å². The number of aryl methyl sites for hydroxylation is 1. The Bertz CT molecular complexity index is 1240. The molecule has 4 heterocycles. The van der Waals surface area contributed by atoms with Crippen LogP contribution in [0.4, 0.5) is 5.82 Å². The first-order chi connectivity index (χ1) is 15.0. The molecule has 5 N–H and O–H groups in total. The lowest BCUT2D eigenvalue weighted by atomic mass is 10.1. The molecule has 0 aliphatic carbocycles. The summed E-state index contributed by atoms with van der Waals surface area (Å²) in [6.07, 6.45) is 0.906. The minimum atomic E-state index is -1.70. The van der Waals surface area contributed by atoms with Gasteiger partial charge in [0.05, 0.1) is 30.7 Å². The number of ether oxygens (including phenoxy) is 1. The van der Waals surface area contributed by atoms with Crippen LogP contribution in [0.1, 0.15) is 5.69 Å². The molecule has 31 heavy (non-hydrogen) atoms. The number of aliphatic hydroxyl groups excluding tert-OH is 1. The van der Waals surface area contributed by atoms with E-state index in [1.165, 1.54) is 17.2 Å². The van der Waals surface area contributed by atoms with Crippen molar-refractivity contribution in [3.05, 3.63) is 42.6 Å². The zero-order valence-corrected chi connectivity index (χ0v) is 17.0. The number of para-hydroxylation sites is 1. The molecule has 0 spiro atoms. The zero-order chi connectivity index (χ0) is 21.6. The van der Waals surface area contributed by atoms with Gasteiger partial charge in [0.2, 0.25) is 0 Å². The van der Waals surface area contributed by atoms with Crippen LogP contribution in [0, 0.1) is 6.92 Å². The Morgan fingerprint density at radius 2 is 2.13 bits per heavy atom. The molecule has 0 saturated carbocycles. The Morgan fingerprint density at radius 1 is 1.29 bits per heavy atom. The maximum Gasteiger partial charge on any atom is 0.197 e. The number of nitrogens with two attached hydrogens (primary N) is 1. The van der Waals surface area contributed by atoms with Gasteiger partial charge in [-0.25, -0.2) is 15.0 Å². The molecule has 0 bridgehead atoms. The zero-order valence-electron chi connectivity index (χ0n) is 17.0. The summed E-state index contributed by atoms with van der Waals surface area (Å²) in [5.41, 5.74) is 6.91. The molecule has 0 radical (unpaired) electrons. The minimum Gasteiger partial charge on any atom is -0.385 e. The Morgan fingerprint density at radius 3 is 3.00 bits per heavy atom. The number of benzene rings is 1. The van der Waals surface area contributed by atoms with E-state index >= 15 is 0 Å². The van der Waals surface area contributed by atoms with E-state index < -0.39 is 17.9 Å². The number of nitrogens with one attached hydrogen (secondary N) is 1. The van der Waals surface area contributed by atoms with Gasteiger partial charge in [0.15, 0.2) is 17.2 Å². The van der Waals surface area contributed by atoms with E-state index in [1.54, 1.807) is 0 Å². The summed E-state index contributed by atoms with van der Waals surface area (Å²) in [6, 6.07) is 8.10. The van der Waals surface area contributed by atoms with Crippen molar-refractivity contribution < 1.29 is 14.9 Å². The van der Waals surface area contributed by atoms with E-state index in [4.69, 9.17) is 10.5 Å². The molecule has 3 atom stereocenters. The maximum absolute atomic E-state index is 11.1. The Kier molecular flexibility index (Phi) is 4.82. The average Bonchev–Trinajstić information content (AvgIpc) is 3.43. The summed E-state index contributed by atoms with van der Waals surface area (Å²) in [6.45, 7) is 3.57. The molecular formula is C20H24N8O3. The number of nitrogen functional groups attached to an aromatic ring is 1. The highest BCUT2D eigenvalue weighted by Gasteiger charge is 2.50. The lowest BCUT2D eigenvalue weighted by molar-refractivity contribution is -0.107. The van der Waals surface area contributed by atoms with Gasteiger partial charge in [-0.2, -0.15) is 5.10 Å². The fourth-order valence-corrected chi connectivity index (χ4v) is 4.12. The second kappa shape index (κ2) is 7.54. The number of hydrogen-bond acceptors (Lipinski definition) is 9. The number of hydrogen-bond donors (Lipinski definition) is 4. The highest BCUT2D eigenvalue weighted by molar-refractivity contribution is 5.82. The number of fused-ring (bicyclic) bond motifs is 2. The minimum absolute atomic E-state index is 0.0983. The largest absolute Gasteiger partial charge is 0.385 e. The summed E-state index contributed by atoms with van der Waals surface area (Å²) in [7, 11) is 0. The molecule has 11 heteroatoms. The molecule has 1 aliphatic heterocycles. The van der Waals surface area contributed by atoms with E-state index in [0.717, 1.165) is 16.6 Å². The molecule has 0 amide bonds. The standard InChI is InChI=1S/C20H24N8O3/c1-12-13-4-2-3-5-14(13)28(26-12)7-6-22-8-15-17(29)20(30,9-31-15)27-11-25-16-18(21)23-10-24-19(16)27/h2-5,10-11,15,17,22,29-30H,6-9H2,1H3,(H2,21,23,24). The monoisotopic (exact) mass is 424 g/mol. The fraction of sp³-hybridized carbons (Fsp3) is 0.400. The predicted molar refractivity (Wildman–Crippen MR) is 113 cm³/mol. The summed E-state index contributed by atoms with van der Waals surface area (Å²) in [4.78, 5) is 12.2. The van der Waals surface area contributed by atoms with Crippen LogP contribution in [0.15, 0.2) is 36.9 Å². The number of nitrogens with zero attached hydrogens (tertiary/aromatic N) is 6. The second-order valence-corrected chi connectivity index (χ2v) is 7.75. The lowest BCUT2D eigenvalue weighted by Gasteiger charge is -2.28. The van der Waals surface area contributed by atoms with E-state index in [1.807, 2.05) is 29.8 Å². The number of aromatic nitrogens is 6. The van der Waals surface area contributed by atoms with Crippen molar-refractivity contribution >= 4 is 27.9 Å². The van der Waals surface area contributed by atoms with Crippen LogP contribution in [0.25, 0.3) is 22.1 Å². The SMILES string of the molecule is Cc1nn(CCNCC2OCC(O)(n3cnc4c(N)ncnc43)C2O)c2ccccc12. The molecule has 1 aliphatic rings. The molecular weight excluding hydrogens is 400 g/mol. The smallest absolute Gasteiger partial charge is 0.197 e. The Labute approximate surface area is 177 Å². The van der Waals surface area contributed by atoms with Gasteiger partial charge in [0.1, 0.15) is 24.1 Å². The first kappa shape index (κ1) is 19.8. The van der Waals surface area contributed by atoms with Crippen molar-refractivity contribution in [2.24, 2.45) is 0 Å². The summed E-state index contributed by atoms with van der Waals surface area (Å²) in [5.74, 6) is 0.209. The van der Waals surface area contributed by atoms with E-state index in [0.29, 0.717) is 30.8 Å². The van der Waals surface area contributed by atoms with E-state index in [2.05, 4.69) is 31.4 Å². The predicted octanol–water partition coefficient (Wildman–Crippen LogP) is -0.239. The molecule has 1 fully saturated rings. The van der Waals surface area contributed by atoms with Crippen LogP contribution in [-0.4, -0.2) is 71.4 Å². The van der Waals surface area contributed by atoms with Gasteiger partial charge in [-0.3, -0.25) is 9.25 Å². The van der Waals surface area contributed by atoms with Crippen molar-refractivity contribution in [1.82, 2.24) is 34.6 Å². The van der Waals surface area contributed by atoms with Crippen LogP contribution in [-0.2, 0) is 17.0 Å². The summed E-state index contributed by atoms with van der Waals surface area (Å²) in [5, 5.41) is 31.0. The number of imidazole rings is 1. The van der Waals surface area contributed by atoms with Crippen molar-refractivity contribution in [1.29, 1.82) is 0 Å². The Hall–Kier alpha value is -3.12. The molecule has 162 valence electrons. The van der Waals surface area contributed by atoms with Crippen molar-refractivity contribution in [3.63, 3.8) is 0 Å². The van der Waals surface area contributed by atoms with Crippen molar-refractivity contribution in [3.8, 4) is 0 Å². The normalized spacial score (nSPS) is 23.8. The number of rotatable bonds is 6. The van der Waals surface area contributed by atoms with Crippen LogP contribution in [0.5, 0.6) is 0 Å². The van der Waals surface area contributed by atoms with Gasteiger partial charge in [-0.1, -0.05) is 18.2 Å². The quantitative estimate of drug-likeness (QED) is 0.308. The van der Waals surface area contributed by atoms with Crippen LogP contribution in [0.3, 0.4) is 0 Å². The first-order valence-electron chi connectivity index (χ1n) is 10.1. The van der Waals surface area contributed by atoms with Crippen molar-refractivity contribution in [2.45, 2.75) is 31.4 Å². The summed E-state index contributed by atoms with van der Waals surface area (Å²) < 4.78 is 9.05. The topological polar surface area (TPSA) is 149 Å². The number of anilines is 1. The lowest BCUT2D eigenvalue weighted by Crippen LogP contribution is -2.48. The molecule has 5 rings (SSSR count). The van der Waals surface area contributed by atoms with E-state index in [9.17, 15) is 10.2 Å². The average molecular weight is 424 g/mol.